The fraction of sp³-hybridized carbons (Fsp3) is 0.167. The third-order valence-corrected chi connectivity index (χ3v) is 5.10. The summed E-state index contributed by atoms with van der Waals surface area (Å²) >= 11 is 0. The largest absolute Gasteiger partial charge is 0.331 e. The van der Waals surface area contributed by atoms with E-state index in [-0.39, 0.29) is 5.69 Å². The first-order chi connectivity index (χ1) is 15.0. The molecular formula is C24H21N3O4. The van der Waals surface area contributed by atoms with Crippen molar-refractivity contribution >= 4 is 39.2 Å². The smallest absolute Gasteiger partial charge is 0.318 e. The van der Waals surface area contributed by atoms with Crippen LogP contribution in [0.15, 0.2) is 71.9 Å². The lowest BCUT2D eigenvalue weighted by molar-refractivity contribution is -0.384. The molecule has 1 heterocycles. The Kier molecular flexibility index (Phi) is 5.49. The number of hydrogen-bond acceptors (Lipinski definition) is 5. The SMILES string of the molecule is CCCC(=NOC(C)=O)c1ccc2c(c1)c1ccccc1n2-c1ccc([N+](=O)[O-])cc1. The van der Waals surface area contributed by atoms with Gasteiger partial charge in [0.1, 0.15) is 0 Å². The molecule has 1 aromatic heterocycles. The average molecular weight is 415 g/mol. The van der Waals surface area contributed by atoms with Crippen molar-refractivity contribution in [3.05, 3.63) is 82.4 Å². The molecule has 7 nitrogen and oxygen atoms in total. The van der Waals surface area contributed by atoms with Gasteiger partial charge in [-0.05, 0) is 36.8 Å². The Morgan fingerprint density at radius 2 is 1.74 bits per heavy atom. The fourth-order valence-corrected chi connectivity index (χ4v) is 3.75. The highest BCUT2D eigenvalue weighted by molar-refractivity contribution is 6.12. The van der Waals surface area contributed by atoms with Crippen molar-refractivity contribution in [3.8, 4) is 5.69 Å². The van der Waals surface area contributed by atoms with Crippen LogP contribution in [-0.4, -0.2) is 21.2 Å². The first-order valence-electron chi connectivity index (χ1n) is 10.0. The molecule has 0 amide bonds. The van der Waals surface area contributed by atoms with E-state index in [1.165, 1.54) is 19.1 Å². The van der Waals surface area contributed by atoms with Crippen LogP contribution >= 0.6 is 0 Å². The van der Waals surface area contributed by atoms with Crippen molar-refractivity contribution in [1.29, 1.82) is 0 Å². The third kappa shape index (κ3) is 3.90. The van der Waals surface area contributed by atoms with Crippen LogP contribution in [-0.2, 0) is 9.63 Å². The number of non-ortho nitro benzene ring substituents is 1. The van der Waals surface area contributed by atoms with Crippen LogP contribution < -0.4 is 0 Å². The van der Waals surface area contributed by atoms with Crippen molar-refractivity contribution in [3.63, 3.8) is 0 Å². The standard InChI is InChI=1S/C24H21N3O4/c1-3-6-22(25-31-16(2)28)17-9-14-24-21(15-17)20-7-4-5-8-23(20)26(24)18-10-12-19(13-11-18)27(29)30/h4-5,7-15H,3,6H2,1-2H3. The molecule has 0 N–H and O–H groups in total. The minimum atomic E-state index is -0.454. The topological polar surface area (TPSA) is 86.7 Å². The first-order valence-corrected chi connectivity index (χ1v) is 10.0. The molecule has 31 heavy (non-hydrogen) atoms. The lowest BCUT2D eigenvalue weighted by atomic mass is 10.0. The Bertz CT molecular complexity index is 1320. The summed E-state index contributed by atoms with van der Waals surface area (Å²) in [5.41, 5.74) is 4.47. The molecule has 0 radical (unpaired) electrons. The summed E-state index contributed by atoms with van der Waals surface area (Å²) < 4.78 is 2.08. The van der Waals surface area contributed by atoms with Gasteiger partial charge in [0.15, 0.2) is 0 Å². The molecule has 7 heteroatoms. The number of rotatable bonds is 6. The number of hydrogen-bond donors (Lipinski definition) is 0. The highest BCUT2D eigenvalue weighted by atomic mass is 16.7. The third-order valence-electron chi connectivity index (χ3n) is 5.10. The molecule has 0 atom stereocenters. The second-order valence-electron chi connectivity index (χ2n) is 7.23. The predicted octanol–water partition coefficient (Wildman–Crippen LogP) is 5.76. The van der Waals surface area contributed by atoms with Crippen LogP contribution in [0.1, 0.15) is 32.3 Å². The molecule has 0 aliphatic heterocycles. The van der Waals surface area contributed by atoms with Gasteiger partial charge in [0, 0.05) is 41.1 Å². The maximum absolute atomic E-state index is 11.2. The normalized spacial score (nSPS) is 11.7. The van der Waals surface area contributed by atoms with Crippen LogP contribution in [0.5, 0.6) is 0 Å². The summed E-state index contributed by atoms with van der Waals surface area (Å²) in [5.74, 6) is -0.454. The van der Waals surface area contributed by atoms with Crippen molar-refractivity contribution in [2.45, 2.75) is 26.7 Å². The van der Waals surface area contributed by atoms with Crippen LogP contribution in [0.25, 0.3) is 27.5 Å². The lowest BCUT2D eigenvalue weighted by Gasteiger charge is -2.09. The number of benzene rings is 3. The van der Waals surface area contributed by atoms with E-state index in [0.29, 0.717) is 12.1 Å². The monoisotopic (exact) mass is 415 g/mol. The zero-order valence-electron chi connectivity index (χ0n) is 17.2. The quantitative estimate of drug-likeness (QED) is 0.173. The second kappa shape index (κ2) is 8.39. The summed E-state index contributed by atoms with van der Waals surface area (Å²) in [5, 5.41) is 17.2. The minimum Gasteiger partial charge on any atom is -0.318 e. The number of nitrogens with zero attached hydrogens (tertiary/aromatic N) is 3. The van der Waals surface area contributed by atoms with Crippen molar-refractivity contribution < 1.29 is 14.6 Å². The van der Waals surface area contributed by atoms with Crippen molar-refractivity contribution in [1.82, 2.24) is 4.57 Å². The molecule has 3 aromatic carbocycles. The molecule has 0 bridgehead atoms. The highest BCUT2D eigenvalue weighted by Crippen LogP contribution is 2.33. The van der Waals surface area contributed by atoms with E-state index < -0.39 is 10.9 Å². The average Bonchev–Trinajstić information content (AvgIpc) is 3.10. The molecule has 4 rings (SSSR count). The first kappa shape index (κ1) is 20.3. The van der Waals surface area contributed by atoms with Crippen LogP contribution in [0.4, 0.5) is 5.69 Å². The summed E-state index contributed by atoms with van der Waals surface area (Å²) in [6, 6.07) is 20.6. The Hall–Kier alpha value is -4.00. The highest BCUT2D eigenvalue weighted by Gasteiger charge is 2.15. The molecule has 0 spiro atoms. The van der Waals surface area contributed by atoms with E-state index in [4.69, 9.17) is 4.84 Å². The Morgan fingerprint density at radius 3 is 2.42 bits per heavy atom. The van der Waals surface area contributed by atoms with Gasteiger partial charge in [-0.3, -0.25) is 10.1 Å². The van der Waals surface area contributed by atoms with Gasteiger partial charge in [-0.25, -0.2) is 4.79 Å². The van der Waals surface area contributed by atoms with Crippen LogP contribution in [0, 0.1) is 10.1 Å². The summed E-state index contributed by atoms with van der Waals surface area (Å²) in [7, 11) is 0. The molecule has 0 saturated carbocycles. The minimum absolute atomic E-state index is 0.0534. The number of aromatic nitrogens is 1. The Morgan fingerprint density at radius 1 is 1.03 bits per heavy atom. The summed E-state index contributed by atoms with van der Waals surface area (Å²) in [6.45, 7) is 3.37. The number of nitro groups is 1. The van der Waals surface area contributed by atoms with E-state index in [1.54, 1.807) is 12.1 Å². The molecule has 4 aromatic rings. The second-order valence-corrected chi connectivity index (χ2v) is 7.23. The number of oxime groups is 1. The summed E-state index contributed by atoms with van der Waals surface area (Å²) in [6.07, 6.45) is 1.54. The number of para-hydroxylation sites is 1. The van der Waals surface area contributed by atoms with Crippen LogP contribution in [0.3, 0.4) is 0 Å². The molecule has 0 aliphatic rings. The fourth-order valence-electron chi connectivity index (χ4n) is 3.75. The molecule has 0 fully saturated rings. The summed E-state index contributed by atoms with van der Waals surface area (Å²) in [4.78, 5) is 26.8. The van der Waals surface area contributed by atoms with E-state index in [1.807, 2.05) is 43.3 Å². The maximum atomic E-state index is 11.2. The van der Waals surface area contributed by atoms with Gasteiger partial charge in [-0.1, -0.05) is 42.8 Å². The van der Waals surface area contributed by atoms with Crippen LogP contribution in [0.2, 0.25) is 0 Å². The molecule has 0 saturated heterocycles. The number of nitro benzene ring substituents is 1. The molecular weight excluding hydrogens is 394 g/mol. The van der Waals surface area contributed by atoms with Gasteiger partial charge in [0.25, 0.3) is 5.69 Å². The zero-order valence-corrected chi connectivity index (χ0v) is 17.2. The van der Waals surface area contributed by atoms with Gasteiger partial charge < -0.3 is 9.40 Å². The molecule has 156 valence electrons. The van der Waals surface area contributed by atoms with Gasteiger partial charge in [-0.15, -0.1) is 0 Å². The van der Waals surface area contributed by atoms with E-state index in [2.05, 4.69) is 15.8 Å². The Balaban J connectivity index is 1.91. The number of carbonyl (C=O) groups excluding carboxylic acids is 1. The molecule has 0 unspecified atom stereocenters. The van der Waals surface area contributed by atoms with E-state index >= 15 is 0 Å². The van der Waals surface area contributed by atoms with Crippen molar-refractivity contribution in [2.24, 2.45) is 5.16 Å². The maximum Gasteiger partial charge on any atom is 0.331 e. The van der Waals surface area contributed by atoms with E-state index in [0.717, 1.165) is 39.5 Å². The number of carbonyl (C=O) groups is 1. The molecule has 0 aliphatic carbocycles. The van der Waals surface area contributed by atoms with Gasteiger partial charge in [0.05, 0.1) is 21.7 Å². The van der Waals surface area contributed by atoms with Crippen molar-refractivity contribution in [2.75, 3.05) is 0 Å². The predicted molar refractivity (Wildman–Crippen MR) is 121 cm³/mol. The van der Waals surface area contributed by atoms with Gasteiger partial charge >= 0.3 is 5.97 Å². The lowest BCUT2D eigenvalue weighted by Crippen LogP contribution is -2.04. The zero-order chi connectivity index (χ0) is 22.0. The van der Waals surface area contributed by atoms with Gasteiger partial charge in [0.2, 0.25) is 0 Å². The number of fused-ring (bicyclic) bond motifs is 3. The Labute approximate surface area is 178 Å². The van der Waals surface area contributed by atoms with E-state index in [9.17, 15) is 14.9 Å². The van der Waals surface area contributed by atoms with Gasteiger partial charge in [-0.2, -0.15) is 0 Å².